The van der Waals surface area contributed by atoms with Crippen molar-refractivity contribution < 1.29 is 13.6 Å². The molecule has 7 nitrogen and oxygen atoms in total. The highest BCUT2D eigenvalue weighted by atomic mass is 35.5. The minimum absolute atomic E-state index is 0.0134. The predicted octanol–water partition coefficient (Wildman–Crippen LogP) is 4.76. The third-order valence-corrected chi connectivity index (χ3v) is 6.31. The zero-order valence-corrected chi connectivity index (χ0v) is 18.5. The van der Waals surface area contributed by atoms with Crippen LogP contribution in [0.4, 0.5) is 25.1 Å². The van der Waals surface area contributed by atoms with E-state index in [4.69, 9.17) is 17.3 Å². The number of likely N-dealkylation sites (N-methyl/N-ethyl adjacent to an activating group) is 1. The van der Waals surface area contributed by atoms with Crippen LogP contribution in [-0.4, -0.2) is 39.1 Å². The first kappa shape index (κ1) is 21.1. The van der Waals surface area contributed by atoms with Crippen LogP contribution < -0.4 is 10.6 Å². The van der Waals surface area contributed by atoms with Crippen molar-refractivity contribution in [2.75, 3.05) is 24.2 Å². The molecule has 1 unspecified atom stereocenters. The summed E-state index contributed by atoms with van der Waals surface area (Å²) >= 11 is 5.92. The summed E-state index contributed by atoms with van der Waals surface area (Å²) in [7, 11) is 3.44. The average molecular weight is 469 g/mol. The van der Waals surface area contributed by atoms with E-state index < -0.39 is 11.6 Å². The van der Waals surface area contributed by atoms with Gasteiger partial charge in [0.05, 0.1) is 23.0 Å². The molecule has 2 aromatic heterocycles. The van der Waals surface area contributed by atoms with Crippen LogP contribution in [0.5, 0.6) is 0 Å². The van der Waals surface area contributed by atoms with Crippen LogP contribution in [0, 0.1) is 11.6 Å². The Morgan fingerprint density at radius 1 is 1.06 bits per heavy atom. The maximum Gasteiger partial charge on any atom is 0.324 e. The first-order chi connectivity index (χ1) is 15.8. The van der Waals surface area contributed by atoms with Crippen molar-refractivity contribution >= 4 is 40.2 Å². The Labute approximate surface area is 193 Å². The monoisotopic (exact) mass is 468 g/mol. The number of anilines is 2. The molecule has 5 rings (SSSR count). The third-order valence-electron chi connectivity index (χ3n) is 6.02. The van der Waals surface area contributed by atoms with E-state index in [2.05, 4.69) is 9.97 Å². The summed E-state index contributed by atoms with van der Waals surface area (Å²) in [4.78, 5) is 24.2. The lowest BCUT2D eigenvalue weighted by molar-refractivity contribution is 0.219. The number of aromatic nitrogens is 3. The van der Waals surface area contributed by atoms with Crippen LogP contribution in [0.25, 0.3) is 22.2 Å². The van der Waals surface area contributed by atoms with Crippen LogP contribution in [0.1, 0.15) is 11.6 Å². The molecule has 0 saturated carbocycles. The van der Waals surface area contributed by atoms with Gasteiger partial charge >= 0.3 is 6.03 Å². The van der Waals surface area contributed by atoms with Gasteiger partial charge in [-0.1, -0.05) is 17.7 Å². The topological polar surface area (TPSA) is 80.3 Å². The number of rotatable bonds is 3. The lowest BCUT2D eigenvalue weighted by atomic mass is 10.0. The molecule has 1 saturated heterocycles. The molecular weight excluding hydrogens is 450 g/mol. The standard InChI is InChI=1S/C23H19ClF2N6O/c1-30-9-15(20-21(27)28-11-29-22(20)30)14-5-4-13(8-18(14)26)32-10-19(31(2)23(32)33)12-3-6-17(25)16(24)7-12/h3-9,11,19H,10H2,1-2H3,(H2,27,28,29). The van der Waals surface area contributed by atoms with Crippen molar-refractivity contribution in [1.82, 2.24) is 19.4 Å². The molecule has 168 valence electrons. The Morgan fingerprint density at radius 3 is 2.58 bits per heavy atom. The molecule has 4 aromatic rings. The number of aryl methyl sites for hydroxylation is 1. The molecule has 0 aliphatic carbocycles. The van der Waals surface area contributed by atoms with Crippen LogP contribution in [0.3, 0.4) is 0 Å². The maximum atomic E-state index is 15.3. The van der Waals surface area contributed by atoms with Crippen molar-refractivity contribution in [1.29, 1.82) is 0 Å². The quantitative estimate of drug-likeness (QED) is 0.470. The Hall–Kier alpha value is -3.72. The van der Waals surface area contributed by atoms with E-state index in [0.717, 1.165) is 0 Å². The molecule has 3 heterocycles. The fourth-order valence-corrected chi connectivity index (χ4v) is 4.48. The summed E-state index contributed by atoms with van der Waals surface area (Å²) in [5.41, 5.74) is 8.63. The smallest absolute Gasteiger partial charge is 0.324 e. The number of fused-ring (bicyclic) bond motifs is 1. The van der Waals surface area contributed by atoms with E-state index in [0.29, 0.717) is 33.4 Å². The number of carbonyl (C=O) groups is 1. The van der Waals surface area contributed by atoms with E-state index in [-0.39, 0.29) is 29.5 Å². The highest BCUT2D eigenvalue weighted by Gasteiger charge is 2.37. The average Bonchev–Trinajstić information content (AvgIpc) is 3.28. The van der Waals surface area contributed by atoms with Gasteiger partial charge in [0, 0.05) is 37.1 Å². The van der Waals surface area contributed by atoms with E-state index in [1.807, 2.05) is 0 Å². The number of nitrogens with two attached hydrogens (primary N) is 1. The van der Waals surface area contributed by atoms with Crippen LogP contribution in [0.2, 0.25) is 5.02 Å². The Kier molecular flexibility index (Phi) is 4.93. The van der Waals surface area contributed by atoms with Gasteiger partial charge in [0.2, 0.25) is 0 Å². The second kappa shape index (κ2) is 7.70. The molecule has 2 N–H and O–H groups in total. The first-order valence-electron chi connectivity index (χ1n) is 10.1. The number of hydrogen-bond acceptors (Lipinski definition) is 4. The zero-order chi connectivity index (χ0) is 23.4. The van der Waals surface area contributed by atoms with E-state index in [9.17, 15) is 9.18 Å². The normalized spacial score (nSPS) is 16.3. The molecule has 1 fully saturated rings. The van der Waals surface area contributed by atoms with Crippen LogP contribution in [0.15, 0.2) is 48.9 Å². The molecule has 0 spiro atoms. The Morgan fingerprint density at radius 2 is 1.85 bits per heavy atom. The van der Waals surface area contributed by atoms with Crippen LogP contribution in [-0.2, 0) is 7.05 Å². The predicted molar refractivity (Wildman–Crippen MR) is 123 cm³/mol. The summed E-state index contributed by atoms with van der Waals surface area (Å²) in [6, 6.07) is 8.34. The maximum absolute atomic E-state index is 15.3. The van der Waals surface area contributed by atoms with Gasteiger partial charge in [-0.15, -0.1) is 0 Å². The molecule has 2 aromatic carbocycles. The summed E-state index contributed by atoms with van der Waals surface area (Å²) < 4.78 is 30.6. The number of nitrogens with zero attached hydrogens (tertiary/aromatic N) is 5. The highest BCUT2D eigenvalue weighted by Crippen LogP contribution is 2.37. The van der Waals surface area contributed by atoms with Crippen molar-refractivity contribution in [3.8, 4) is 11.1 Å². The largest absolute Gasteiger partial charge is 0.383 e. The Balaban J connectivity index is 1.50. The van der Waals surface area contributed by atoms with E-state index >= 15 is 4.39 Å². The number of nitrogen functional groups attached to an aromatic ring is 1. The number of benzene rings is 2. The van der Waals surface area contributed by atoms with Crippen molar-refractivity contribution in [2.24, 2.45) is 7.05 Å². The van der Waals surface area contributed by atoms with Gasteiger partial charge in [-0.3, -0.25) is 4.90 Å². The fraction of sp³-hybridized carbons (Fsp3) is 0.174. The second-order valence-electron chi connectivity index (χ2n) is 7.97. The lowest BCUT2D eigenvalue weighted by Crippen LogP contribution is -2.29. The zero-order valence-electron chi connectivity index (χ0n) is 17.8. The van der Waals surface area contributed by atoms with Crippen LogP contribution >= 0.6 is 11.6 Å². The summed E-state index contributed by atoms with van der Waals surface area (Å²) in [5.74, 6) is -0.774. The minimum Gasteiger partial charge on any atom is -0.383 e. The summed E-state index contributed by atoms with van der Waals surface area (Å²) in [6.45, 7) is 0.269. The number of hydrogen-bond donors (Lipinski definition) is 1. The number of amides is 2. The molecule has 1 atom stereocenters. The van der Waals surface area contributed by atoms with E-state index in [1.165, 1.54) is 34.3 Å². The molecule has 0 radical (unpaired) electrons. The van der Waals surface area contributed by atoms with Gasteiger partial charge in [0.1, 0.15) is 29.4 Å². The summed E-state index contributed by atoms with van der Waals surface area (Å²) in [5, 5.41) is 0.553. The molecule has 0 bridgehead atoms. The third kappa shape index (κ3) is 3.36. The molecule has 33 heavy (non-hydrogen) atoms. The molecule has 1 aliphatic rings. The van der Waals surface area contributed by atoms with Gasteiger partial charge in [-0.05, 0) is 35.9 Å². The second-order valence-corrected chi connectivity index (χ2v) is 8.38. The highest BCUT2D eigenvalue weighted by molar-refractivity contribution is 6.30. The SMILES string of the molecule is CN1C(=O)N(c2ccc(-c3cn(C)c4ncnc(N)c34)c(F)c2)CC1c1ccc(F)c(Cl)c1. The van der Waals surface area contributed by atoms with E-state index in [1.54, 1.807) is 43.1 Å². The van der Waals surface area contributed by atoms with Crippen molar-refractivity contribution in [3.63, 3.8) is 0 Å². The summed E-state index contributed by atoms with van der Waals surface area (Å²) in [6.07, 6.45) is 3.11. The van der Waals surface area contributed by atoms with Gasteiger partial charge < -0.3 is 15.2 Å². The molecular formula is C23H19ClF2N6O. The minimum atomic E-state index is -0.526. The lowest BCUT2D eigenvalue weighted by Gasteiger charge is -2.18. The fourth-order valence-electron chi connectivity index (χ4n) is 4.29. The van der Waals surface area contributed by atoms with Gasteiger partial charge in [-0.2, -0.15) is 0 Å². The van der Waals surface area contributed by atoms with Crippen molar-refractivity contribution in [3.05, 3.63) is 71.1 Å². The van der Waals surface area contributed by atoms with Gasteiger partial charge in [0.25, 0.3) is 0 Å². The molecule has 2 amide bonds. The number of urea groups is 1. The Bertz CT molecular complexity index is 1420. The molecule has 1 aliphatic heterocycles. The van der Waals surface area contributed by atoms with Gasteiger partial charge in [-0.25, -0.2) is 23.5 Å². The first-order valence-corrected chi connectivity index (χ1v) is 10.5. The number of carbonyl (C=O) groups excluding carboxylic acids is 1. The number of halogens is 3. The van der Waals surface area contributed by atoms with Crippen molar-refractivity contribution in [2.45, 2.75) is 6.04 Å². The van der Waals surface area contributed by atoms with Gasteiger partial charge in [0.15, 0.2) is 0 Å². The molecule has 10 heteroatoms.